The van der Waals surface area contributed by atoms with E-state index in [0.29, 0.717) is 0 Å². The fourth-order valence-electron chi connectivity index (χ4n) is 2.49. The lowest BCUT2D eigenvalue weighted by molar-refractivity contribution is -0.143. The van der Waals surface area contributed by atoms with E-state index < -0.39 is 60.8 Å². The van der Waals surface area contributed by atoms with Crippen molar-refractivity contribution in [1.29, 1.82) is 0 Å². The average molecular weight is 455 g/mol. The van der Waals surface area contributed by atoms with Crippen molar-refractivity contribution in [3.8, 4) is 0 Å². The molecule has 1 aromatic carbocycles. The summed E-state index contributed by atoms with van der Waals surface area (Å²) in [5.41, 5.74) is 6.73. The van der Waals surface area contributed by atoms with Crippen LogP contribution < -0.4 is 21.7 Å². The van der Waals surface area contributed by atoms with Crippen LogP contribution in [0.25, 0.3) is 0 Å². The van der Waals surface area contributed by atoms with Crippen molar-refractivity contribution >= 4 is 42.3 Å². The zero-order chi connectivity index (χ0) is 23.4. The Bertz CT molecular complexity index is 791. The zero-order valence-electron chi connectivity index (χ0n) is 16.6. The molecule has 170 valence electrons. The van der Waals surface area contributed by atoms with Gasteiger partial charge in [0.25, 0.3) is 0 Å². The third kappa shape index (κ3) is 9.96. The number of amides is 3. The Kier molecular flexibility index (Phi) is 11.1. The molecule has 11 nitrogen and oxygen atoms in total. The van der Waals surface area contributed by atoms with E-state index in [0.717, 1.165) is 5.56 Å². The maximum absolute atomic E-state index is 12.3. The summed E-state index contributed by atoms with van der Waals surface area (Å²) in [5.74, 6) is -4.75. The topological polar surface area (TPSA) is 188 Å². The number of hydrogen-bond donors (Lipinski definition) is 7. The first kappa shape index (κ1) is 25.9. The van der Waals surface area contributed by atoms with E-state index in [1.165, 1.54) is 0 Å². The Morgan fingerprint density at radius 3 is 2.16 bits per heavy atom. The highest BCUT2D eigenvalue weighted by Crippen LogP contribution is 2.02. The first-order chi connectivity index (χ1) is 14.6. The van der Waals surface area contributed by atoms with Gasteiger partial charge in [0.2, 0.25) is 17.7 Å². The van der Waals surface area contributed by atoms with Crippen molar-refractivity contribution in [3.63, 3.8) is 0 Å². The summed E-state index contributed by atoms with van der Waals surface area (Å²) in [6.45, 7) is -0.564. The Hall–Kier alpha value is -3.12. The molecule has 3 unspecified atom stereocenters. The SMILES string of the molecule is NC(Cc1ccccc1)C(=O)NC(CS)C(=O)NCC(=O)NC(CCC(=O)O)C(=O)O. The van der Waals surface area contributed by atoms with Gasteiger partial charge in [-0.05, 0) is 18.4 Å². The maximum atomic E-state index is 12.3. The summed E-state index contributed by atoms with van der Waals surface area (Å²) >= 11 is 4.02. The van der Waals surface area contributed by atoms with Gasteiger partial charge in [0.1, 0.15) is 12.1 Å². The van der Waals surface area contributed by atoms with Crippen molar-refractivity contribution in [2.75, 3.05) is 12.3 Å². The van der Waals surface area contributed by atoms with Gasteiger partial charge in [-0.2, -0.15) is 12.6 Å². The molecule has 0 aliphatic carbocycles. The van der Waals surface area contributed by atoms with Crippen molar-refractivity contribution in [2.45, 2.75) is 37.4 Å². The van der Waals surface area contributed by atoms with Crippen LogP contribution in [-0.4, -0.2) is 70.3 Å². The molecular weight excluding hydrogens is 428 g/mol. The number of carboxylic acids is 2. The van der Waals surface area contributed by atoms with Gasteiger partial charge in [-0.25, -0.2) is 4.79 Å². The predicted octanol–water partition coefficient (Wildman–Crippen LogP) is -1.48. The predicted molar refractivity (Wildman–Crippen MR) is 113 cm³/mol. The molecule has 31 heavy (non-hydrogen) atoms. The molecule has 1 rings (SSSR count). The zero-order valence-corrected chi connectivity index (χ0v) is 17.5. The minimum Gasteiger partial charge on any atom is -0.481 e. The van der Waals surface area contributed by atoms with E-state index in [1.807, 2.05) is 30.3 Å². The molecule has 0 saturated heterocycles. The summed E-state index contributed by atoms with van der Waals surface area (Å²) < 4.78 is 0. The summed E-state index contributed by atoms with van der Waals surface area (Å²) in [7, 11) is 0. The van der Waals surface area contributed by atoms with E-state index >= 15 is 0 Å². The van der Waals surface area contributed by atoms with Crippen LogP contribution >= 0.6 is 12.6 Å². The maximum Gasteiger partial charge on any atom is 0.326 e. The number of hydrogen-bond acceptors (Lipinski definition) is 7. The summed E-state index contributed by atoms with van der Waals surface area (Å²) in [6.07, 6.45) is -0.484. The highest BCUT2D eigenvalue weighted by molar-refractivity contribution is 7.80. The van der Waals surface area contributed by atoms with Gasteiger partial charge in [0.05, 0.1) is 12.6 Å². The number of rotatable bonds is 13. The molecule has 0 bridgehead atoms. The van der Waals surface area contributed by atoms with Crippen molar-refractivity contribution in [2.24, 2.45) is 5.73 Å². The van der Waals surface area contributed by atoms with Crippen molar-refractivity contribution < 1.29 is 34.2 Å². The van der Waals surface area contributed by atoms with Gasteiger partial charge in [0, 0.05) is 12.2 Å². The number of aliphatic carboxylic acids is 2. The summed E-state index contributed by atoms with van der Waals surface area (Å²) in [4.78, 5) is 58.0. The van der Waals surface area contributed by atoms with Crippen LogP contribution in [0.4, 0.5) is 0 Å². The van der Waals surface area contributed by atoms with E-state index in [-0.39, 0.29) is 18.6 Å². The van der Waals surface area contributed by atoms with Crippen LogP contribution in [0.15, 0.2) is 30.3 Å². The van der Waals surface area contributed by atoms with Gasteiger partial charge < -0.3 is 31.9 Å². The molecule has 0 fully saturated rings. The van der Waals surface area contributed by atoms with Gasteiger partial charge in [-0.3, -0.25) is 19.2 Å². The lowest BCUT2D eigenvalue weighted by atomic mass is 10.1. The van der Waals surface area contributed by atoms with Crippen LogP contribution in [0.2, 0.25) is 0 Å². The van der Waals surface area contributed by atoms with Crippen molar-refractivity contribution in [1.82, 2.24) is 16.0 Å². The molecule has 7 N–H and O–H groups in total. The number of benzene rings is 1. The Morgan fingerprint density at radius 2 is 1.61 bits per heavy atom. The molecule has 3 amide bonds. The molecule has 3 atom stereocenters. The normalized spacial score (nSPS) is 13.4. The molecule has 12 heteroatoms. The highest BCUT2D eigenvalue weighted by Gasteiger charge is 2.24. The molecule has 0 aromatic heterocycles. The largest absolute Gasteiger partial charge is 0.481 e. The Balaban J connectivity index is 2.52. The molecular formula is C19H26N4O7S. The highest BCUT2D eigenvalue weighted by atomic mass is 32.1. The Labute approximate surface area is 184 Å². The first-order valence-electron chi connectivity index (χ1n) is 9.36. The van der Waals surface area contributed by atoms with E-state index in [1.54, 1.807) is 0 Å². The lowest BCUT2D eigenvalue weighted by Gasteiger charge is -2.19. The van der Waals surface area contributed by atoms with E-state index in [4.69, 9.17) is 15.9 Å². The van der Waals surface area contributed by atoms with Crippen LogP contribution in [0.3, 0.4) is 0 Å². The molecule has 0 saturated carbocycles. The quantitative estimate of drug-likeness (QED) is 0.176. The third-order valence-electron chi connectivity index (χ3n) is 4.15. The number of nitrogens with two attached hydrogens (primary N) is 1. The fourth-order valence-corrected chi connectivity index (χ4v) is 2.75. The third-order valence-corrected chi connectivity index (χ3v) is 4.52. The van der Waals surface area contributed by atoms with Gasteiger partial charge in [-0.15, -0.1) is 0 Å². The van der Waals surface area contributed by atoms with Crippen molar-refractivity contribution in [3.05, 3.63) is 35.9 Å². The standard InChI is InChI=1S/C19H26N4O7S/c20-12(8-11-4-2-1-3-5-11)17(27)23-14(10-31)18(28)21-9-15(24)22-13(19(29)30)6-7-16(25)26/h1-5,12-14,31H,6-10,20H2,(H,21,28)(H,22,24)(H,23,27)(H,25,26)(H,29,30). The smallest absolute Gasteiger partial charge is 0.326 e. The second-order valence-electron chi connectivity index (χ2n) is 6.65. The minimum absolute atomic E-state index is 0.0619. The molecule has 0 aliphatic rings. The fraction of sp³-hybridized carbons (Fsp3) is 0.421. The number of carbonyl (C=O) groups excluding carboxylic acids is 3. The Morgan fingerprint density at radius 1 is 0.968 bits per heavy atom. The summed E-state index contributed by atoms with van der Waals surface area (Å²) in [6, 6.07) is 5.72. The number of carboxylic acid groups (broad SMARTS) is 2. The monoisotopic (exact) mass is 454 g/mol. The first-order valence-corrected chi connectivity index (χ1v) is 9.99. The number of thiol groups is 1. The molecule has 0 radical (unpaired) electrons. The van der Waals surface area contributed by atoms with E-state index in [9.17, 15) is 24.0 Å². The summed E-state index contributed by atoms with van der Waals surface area (Å²) in [5, 5.41) is 24.5. The molecule has 0 heterocycles. The number of nitrogens with one attached hydrogen (secondary N) is 3. The van der Waals surface area contributed by atoms with Crippen LogP contribution in [0, 0.1) is 0 Å². The van der Waals surface area contributed by atoms with E-state index in [2.05, 4.69) is 28.6 Å². The van der Waals surface area contributed by atoms with Gasteiger partial charge in [0.15, 0.2) is 0 Å². The second kappa shape index (κ2) is 13.2. The molecule has 1 aromatic rings. The second-order valence-corrected chi connectivity index (χ2v) is 7.01. The van der Waals surface area contributed by atoms with Gasteiger partial charge in [-0.1, -0.05) is 30.3 Å². The van der Waals surface area contributed by atoms with Gasteiger partial charge >= 0.3 is 11.9 Å². The molecule has 0 aliphatic heterocycles. The molecule has 0 spiro atoms. The average Bonchev–Trinajstić information content (AvgIpc) is 2.73. The van der Waals surface area contributed by atoms with Crippen LogP contribution in [0.1, 0.15) is 18.4 Å². The minimum atomic E-state index is -1.41. The van der Waals surface area contributed by atoms with Crippen LogP contribution in [0.5, 0.6) is 0 Å². The lowest BCUT2D eigenvalue weighted by Crippen LogP contribution is -2.54. The van der Waals surface area contributed by atoms with Crippen LogP contribution in [-0.2, 0) is 30.4 Å². The number of carbonyl (C=O) groups is 5.